The summed E-state index contributed by atoms with van der Waals surface area (Å²) in [6, 6.07) is 6.51. The molecule has 0 saturated carbocycles. The molecule has 5 heteroatoms. The summed E-state index contributed by atoms with van der Waals surface area (Å²) in [7, 11) is 0. The van der Waals surface area contributed by atoms with Gasteiger partial charge in [-0.15, -0.1) is 0 Å². The topological polar surface area (TPSA) is 51.0 Å². The predicted octanol–water partition coefficient (Wildman–Crippen LogP) is 2.51. The predicted molar refractivity (Wildman–Crippen MR) is 98.9 cm³/mol. The maximum absolute atomic E-state index is 6.12. The van der Waals surface area contributed by atoms with Crippen LogP contribution in [0.3, 0.4) is 0 Å². The summed E-state index contributed by atoms with van der Waals surface area (Å²) >= 11 is 0. The number of benzene rings is 1. The van der Waals surface area contributed by atoms with Crippen LogP contribution in [-0.2, 0) is 0 Å². The molecule has 0 radical (unpaired) electrons. The molecule has 1 aromatic rings. The molecule has 0 bridgehead atoms. The normalized spacial score (nSPS) is 17.7. The van der Waals surface area contributed by atoms with Crippen molar-refractivity contribution in [3.63, 3.8) is 0 Å². The average Bonchev–Trinajstić information content (AvgIpc) is 2.62. The van der Waals surface area contributed by atoms with E-state index in [-0.39, 0.29) is 6.04 Å². The van der Waals surface area contributed by atoms with Crippen molar-refractivity contribution >= 4 is 0 Å². The van der Waals surface area contributed by atoms with Crippen LogP contribution >= 0.6 is 0 Å². The minimum Gasteiger partial charge on any atom is -0.490 e. The molecule has 24 heavy (non-hydrogen) atoms. The average molecular weight is 335 g/mol. The molecule has 1 heterocycles. The SMILES string of the molecule is CCCOc1ccc(C(CN)N2CCN(CC)CC2)cc1OCC. The molecule has 1 aliphatic heterocycles. The molecule has 1 saturated heterocycles. The molecule has 5 nitrogen and oxygen atoms in total. The molecular weight excluding hydrogens is 302 g/mol. The van der Waals surface area contributed by atoms with Gasteiger partial charge < -0.3 is 20.1 Å². The molecule has 1 aromatic carbocycles. The van der Waals surface area contributed by atoms with E-state index in [1.165, 1.54) is 5.56 Å². The van der Waals surface area contributed by atoms with Gasteiger partial charge in [-0.2, -0.15) is 0 Å². The lowest BCUT2D eigenvalue weighted by Crippen LogP contribution is -2.48. The third kappa shape index (κ3) is 4.85. The van der Waals surface area contributed by atoms with Crippen LogP contribution in [0.4, 0.5) is 0 Å². The van der Waals surface area contributed by atoms with E-state index >= 15 is 0 Å². The lowest BCUT2D eigenvalue weighted by atomic mass is 10.0. The van der Waals surface area contributed by atoms with E-state index in [0.29, 0.717) is 19.8 Å². The van der Waals surface area contributed by atoms with Gasteiger partial charge in [-0.1, -0.05) is 19.9 Å². The van der Waals surface area contributed by atoms with Gasteiger partial charge in [0.2, 0.25) is 0 Å². The highest BCUT2D eigenvalue weighted by molar-refractivity contribution is 5.44. The van der Waals surface area contributed by atoms with Gasteiger partial charge in [-0.05, 0) is 37.6 Å². The molecule has 0 aromatic heterocycles. The van der Waals surface area contributed by atoms with Crippen LogP contribution in [0.1, 0.15) is 38.8 Å². The van der Waals surface area contributed by atoms with E-state index in [0.717, 1.165) is 50.6 Å². The Morgan fingerprint density at radius 2 is 1.79 bits per heavy atom. The Balaban J connectivity index is 2.14. The molecule has 2 rings (SSSR count). The Bertz CT molecular complexity index is 488. The van der Waals surface area contributed by atoms with E-state index in [9.17, 15) is 0 Å². The van der Waals surface area contributed by atoms with Crippen LogP contribution in [0.2, 0.25) is 0 Å². The Morgan fingerprint density at radius 1 is 1.04 bits per heavy atom. The molecule has 1 fully saturated rings. The summed E-state index contributed by atoms with van der Waals surface area (Å²) in [5.41, 5.74) is 7.34. The van der Waals surface area contributed by atoms with E-state index in [1.807, 2.05) is 13.0 Å². The van der Waals surface area contributed by atoms with Gasteiger partial charge in [0, 0.05) is 38.8 Å². The highest BCUT2D eigenvalue weighted by Gasteiger charge is 2.24. The van der Waals surface area contributed by atoms with Gasteiger partial charge in [0.15, 0.2) is 11.5 Å². The minimum atomic E-state index is 0.239. The summed E-state index contributed by atoms with van der Waals surface area (Å²) in [5, 5.41) is 0. The molecule has 0 aliphatic carbocycles. The molecule has 136 valence electrons. The molecule has 1 unspecified atom stereocenters. The van der Waals surface area contributed by atoms with Gasteiger partial charge in [0.25, 0.3) is 0 Å². The summed E-state index contributed by atoms with van der Waals surface area (Å²) in [4.78, 5) is 4.97. The van der Waals surface area contributed by atoms with E-state index < -0.39 is 0 Å². The molecule has 2 N–H and O–H groups in total. The summed E-state index contributed by atoms with van der Waals surface area (Å²) in [5.74, 6) is 1.66. The first-order valence-electron chi connectivity index (χ1n) is 9.29. The molecule has 1 atom stereocenters. The zero-order valence-corrected chi connectivity index (χ0v) is 15.5. The largest absolute Gasteiger partial charge is 0.490 e. The Labute approximate surface area is 146 Å². The van der Waals surface area contributed by atoms with E-state index in [1.54, 1.807) is 0 Å². The monoisotopic (exact) mass is 335 g/mol. The van der Waals surface area contributed by atoms with Gasteiger partial charge in [-0.3, -0.25) is 4.90 Å². The fraction of sp³-hybridized carbons (Fsp3) is 0.684. The second-order valence-corrected chi connectivity index (χ2v) is 6.21. The third-order valence-corrected chi connectivity index (χ3v) is 4.63. The Hall–Kier alpha value is -1.30. The standard InChI is InChI=1S/C19H33N3O2/c1-4-13-24-18-8-7-16(14-19(18)23-6-3)17(15-20)22-11-9-21(5-2)10-12-22/h7-8,14,17H,4-6,9-13,15,20H2,1-3H3. The minimum absolute atomic E-state index is 0.239. The fourth-order valence-corrected chi connectivity index (χ4v) is 3.22. The van der Waals surface area contributed by atoms with Crippen molar-refractivity contribution in [1.82, 2.24) is 9.80 Å². The second-order valence-electron chi connectivity index (χ2n) is 6.21. The van der Waals surface area contributed by atoms with Crippen LogP contribution in [-0.4, -0.2) is 62.3 Å². The van der Waals surface area contributed by atoms with Crippen LogP contribution in [0.5, 0.6) is 11.5 Å². The van der Waals surface area contributed by atoms with Crippen LogP contribution in [0.25, 0.3) is 0 Å². The zero-order valence-electron chi connectivity index (χ0n) is 15.5. The summed E-state index contributed by atoms with van der Waals surface area (Å²) in [6.45, 7) is 13.8. The number of piperazine rings is 1. The first-order chi connectivity index (χ1) is 11.7. The molecule has 1 aliphatic rings. The maximum atomic E-state index is 6.12. The number of nitrogens with zero attached hydrogens (tertiary/aromatic N) is 2. The van der Waals surface area contributed by atoms with E-state index in [4.69, 9.17) is 15.2 Å². The molecule has 0 amide bonds. The zero-order chi connectivity index (χ0) is 17.4. The number of nitrogens with two attached hydrogens (primary N) is 1. The van der Waals surface area contributed by atoms with Crippen molar-refractivity contribution < 1.29 is 9.47 Å². The van der Waals surface area contributed by atoms with Gasteiger partial charge in [0.05, 0.1) is 13.2 Å². The summed E-state index contributed by atoms with van der Waals surface area (Å²) in [6.07, 6.45) is 0.987. The molecular formula is C19H33N3O2. The fourth-order valence-electron chi connectivity index (χ4n) is 3.22. The van der Waals surface area contributed by atoms with Crippen molar-refractivity contribution in [1.29, 1.82) is 0 Å². The maximum Gasteiger partial charge on any atom is 0.161 e. The number of hydrogen-bond donors (Lipinski definition) is 1. The van der Waals surface area contributed by atoms with Crippen LogP contribution in [0, 0.1) is 0 Å². The van der Waals surface area contributed by atoms with E-state index in [2.05, 4.69) is 35.8 Å². The first kappa shape index (κ1) is 19.0. The highest BCUT2D eigenvalue weighted by Crippen LogP contribution is 2.32. The Kier molecular flexibility index (Phi) is 7.82. The lowest BCUT2D eigenvalue weighted by molar-refractivity contribution is 0.102. The lowest BCUT2D eigenvalue weighted by Gasteiger charge is -2.38. The van der Waals surface area contributed by atoms with Crippen LogP contribution < -0.4 is 15.2 Å². The van der Waals surface area contributed by atoms with Crippen molar-refractivity contribution in [3.05, 3.63) is 23.8 Å². The van der Waals surface area contributed by atoms with Gasteiger partial charge in [-0.25, -0.2) is 0 Å². The number of likely N-dealkylation sites (N-methyl/N-ethyl adjacent to an activating group) is 1. The number of ether oxygens (including phenoxy) is 2. The molecule has 0 spiro atoms. The smallest absolute Gasteiger partial charge is 0.161 e. The summed E-state index contributed by atoms with van der Waals surface area (Å²) < 4.78 is 11.6. The first-order valence-corrected chi connectivity index (χ1v) is 9.29. The van der Waals surface area contributed by atoms with Crippen molar-refractivity contribution in [2.45, 2.75) is 33.2 Å². The van der Waals surface area contributed by atoms with Gasteiger partial charge >= 0.3 is 0 Å². The van der Waals surface area contributed by atoms with Crippen molar-refractivity contribution in [3.8, 4) is 11.5 Å². The quantitative estimate of drug-likeness (QED) is 0.751. The second kappa shape index (κ2) is 9.87. The van der Waals surface area contributed by atoms with Crippen molar-refractivity contribution in [2.75, 3.05) is 52.5 Å². The van der Waals surface area contributed by atoms with Crippen molar-refractivity contribution in [2.24, 2.45) is 5.73 Å². The number of rotatable bonds is 9. The van der Waals surface area contributed by atoms with Crippen LogP contribution in [0.15, 0.2) is 18.2 Å². The third-order valence-electron chi connectivity index (χ3n) is 4.63. The van der Waals surface area contributed by atoms with Gasteiger partial charge in [0.1, 0.15) is 0 Å². The number of hydrogen-bond acceptors (Lipinski definition) is 5. The Morgan fingerprint density at radius 3 is 2.38 bits per heavy atom. The highest BCUT2D eigenvalue weighted by atomic mass is 16.5.